The number of fused-ring (bicyclic) bond motifs is 1. The maximum Gasteiger partial charge on any atom is 0.299 e. The Hall–Kier alpha value is -1.88. The van der Waals surface area contributed by atoms with Crippen LogP contribution in [0.2, 0.25) is 0 Å². The molecule has 0 spiro atoms. The molecule has 1 N–H and O–H groups in total. The van der Waals surface area contributed by atoms with E-state index in [9.17, 15) is 9.59 Å². The first-order valence-electron chi connectivity index (χ1n) is 7.67. The Balaban J connectivity index is 1.77. The number of carbonyl (C=O) groups is 2. The van der Waals surface area contributed by atoms with Crippen molar-refractivity contribution in [3.05, 3.63) is 23.8 Å². The second-order valence-corrected chi connectivity index (χ2v) is 5.60. The number of benzene rings is 1. The lowest BCUT2D eigenvalue weighted by Crippen LogP contribution is -3.10. The molecule has 0 atom stereocenters. The quantitative estimate of drug-likeness (QED) is 0.793. The van der Waals surface area contributed by atoms with Crippen LogP contribution in [0.5, 0.6) is 5.75 Å². The van der Waals surface area contributed by atoms with Crippen LogP contribution < -0.4 is 14.5 Å². The fourth-order valence-electron chi connectivity index (χ4n) is 3.15. The maximum atomic E-state index is 12.2. The van der Waals surface area contributed by atoms with Gasteiger partial charge in [-0.2, -0.15) is 0 Å². The number of anilines is 1. The number of nitrogens with zero attached hydrogens (tertiary/aromatic N) is 1. The summed E-state index contributed by atoms with van der Waals surface area (Å²) in [6.45, 7) is 6.30. The smallest absolute Gasteiger partial charge is 0.299 e. The Labute approximate surface area is 124 Å². The molecule has 0 radical (unpaired) electrons. The number of carbonyl (C=O) groups excluding carboxylic acids is 2. The number of quaternary nitrogens is 1. The van der Waals surface area contributed by atoms with Crippen molar-refractivity contribution in [2.75, 3.05) is 37.7 Å². The number of amides is 1. The first kappa shape index (κ1) is 14.1. The molecule has 5 heteroatoms. The first-order chi connectivity index (χ1) is 10.2. The van der Waals surface area contributed by atoms with Crippen molar-refractivity contribution in [3.8, 4) is 5.75 Å². The SMILES string of the molecule is CCOc1ccc2c(c1)C(=O)C(=O)N2CC[NH+]1CCCC1. The monoisotopic (exact) mass is 289 g/mol. The number of Topliss-reactive ketones (excluding diaryl/α,β-unsaturated/α-hetero) is 1. The zero-order chi connectivity index (χ0) is 14.8. The Morgan fingerprint density at radius 1 is 1.24 bits per heavy atom. The van der Waals surface area contributed by atoms with Crippen molar-refractivity contribution < 1.29 is 19.2 Å². The van der Waals surface area contributed by atoms with Gasteiger partial charge in [-0.05, 0) is 25.1 Å². The zero-order valence-corrected chi connectivity index (χ0v) is 12.4. The van der Waals surface area contributed by atoms with Crippen molar-refractivity contribution in [1.29, 1.82) is 0 Å². The Kier molecular flexibility index (Phi) is 3.92. The van der Waals surface area contributed by atoms with E-state index in [4.69, 9.17) is 4.74 Å². The molecule has 112 valence electrons. The molecule has 2 aliphatic rings. The van der Waals surface area contributed by atoms with Crippen LogP contribution in [0, 0.1) is 0 Å². The van der Waals surface area contributed by atoms with Crippen molar-refractivity contribution in [2.45, 2.75) is 19.8 Å². The summed E-state index contributed by atoms with van der Waals surface area (Å²) in [6, 6.07) is 5.33. The van der Waals surface area contributed by atoms with E-state index in [2.05, 4.69) is 0 Å². The number of nitrogens with one attached hydrogen (secondary N) is 1. The minimum atomic E-state index is -0.414. The number of rotatable bonds is 5. The number of ketones is 1. The normalized spacial score (nSPS) is 18.4. The Morgan fingerprint density at radius 2 is 2.00 bits per heavy atom. The summed E-state index contributed by atoms with van der Waals surface area (Å²) in [4.78, 5) is 27.4. The van der Waals surface area contributed by atoms with E-state index in [1.54, 1.807) is 11.0 Å². The molecule has 5 nitrogen and oxygen atoms in total. The second-order valence-electron chi connectivity index (χ2n) is 5.60. The molecule has 0 saturated carbocycles. The van der Waals surface area contributed by atoms with Gasteiger partial charge >= 0.3 is 0 Å². The van der Waals surface area contributed by atoms with Gasteiger partial charge < -0.3 is 9.64 Å². The van der Waals surface area contributed by atoms with Crippen LogP contribution in [0.4, 0.5) is 5.69 Å². The number of hydrogen-bond donors (Lipinski definition) is 1. The summed E-state index contributed by atoms with van der Waals surface area (Å²) in [5, 5.41) is 0. The molecular formula is C16H21N2O3+. The van der Waals surface area contributed by atoms with Crippen LogP contribution in [0.1, 0.15) is 30.1 Å². The molecule has 3 rings (SSSR count). The third-order valence-corrected chi connectivity index (χ3v) is 4.25. The summed E-state index contributed by atoms with van der Waals surface area (Å²) < 4.78 is 5.41. The molecule has 21 heavy (non-hydrogen) atoms. The molecule has 0 aromatic heterocycles. The number of likely N-dealkylation sites (tertiary alicyclic amines) is 1. The molecule has 2 aliphatic heterocycles. The molecule has 1 saturated heterocycles. The van der Waals surface area contributed by atoms with Crippen molar-refractivity contribution in [3.63, 3.8) is 0 Å². The zero-order valence-electron chi connectivity index (χ0n) is 12.4. The summed E-state index contributed by atoms with van der Waals surface area (Å²) in [5.41, 5.74) is 1.20. The van der Waals surface area contributed by atoms with Gasteiger partial charge in [0.25, 0.3) is 11.7 Å². The lowest BCUT2D eigenvalue weighted by Gasteiger charge is -2.19. The van der Waals surface area contributed by atoms with Gasteiger partial charge in [-0.15, -0.1) is 0 Å². The van der Waals surface area contributed by atoms with E-state index in [-0.39, 0.29) is 0 Å². The van der Waals surface area contributed by atoms with Gasteiger partial charge in [0.1, 0.15) is 5.75 Å². The average molecular weight is 289 g/mol. The van der Waals surface area contributed by atoms with E-state index in [1.807, 2.05) is 19.1 Å². The van der Waals surface area contributed by atoms with E-state index in [0.717, 1.165) is 12.2 Å². The minimum absolute atomic E-state index is 0.405. The van der Waals surface area contributed by atoms with Crippen LogP contribution in [-0.4, -0.2) is 44.5 Å². The van der Waals surface area contributed by atoms with E-state index in [1.165, 1.54) is 30.8 Å². The number of hydrogen-bond acceptors (Lipinski definition) is 3. The van der Waals surface area contributed by atoms with Gasteiger partial charge in [0, 0.05) is 12.8 Å². The minimum Gasteiger partial charge on any atom is -0.494 e. The summed E-state index contributed by atoms with van der Waals surface area (Å²) >= 11 is 0. The lowest BCUT2D eigenvalue weighted by atomic mass is 10.1. The van der Waals surface area contributed by atoms with Gasteiger partial charge in [0.15, 0.2) is 0 Å². The highest BCUT2D eigenvalue weighted by molar-refractivity contribution is 6.52. The third kappa shape index (κ3) is 2.65. The summed E-state index contributed by atoms with van der Waals surface area (Å²) in [5.74, 6) is -0.176. The van der Waals surface area contributed by atoms with Gasteiger partial charge in [-0.3, -0.25) is 14.5 Å². The van der Waals surface area contributed by atoms with Crippen molar-refractivity contribution in [2.24, 2.45) is 0 Å². The van der Waals surface area contributed by atoms with Crippen molar-refractivity contribution in [1.82, 2.24) is 0 Å². The van der Waals surface area contributed by atoms with Gasteiger partial charge in [-0.25, -0.2) is 0 Å². The molecule has 1 fully saturated rings. The predicted octanol–water partition coefficient (Wildman–Crippen LogP) is 0.293. The van der Waals surface area contributed by atoms with Crippen LogP contribution in [-0.2, 0) is 4.79 Å². The van der Waals surface area contributed by atoms with E-state index < -0.39 is 11.7 Å². The first-order valence-corrected chi connectivity index (χ1v) is 7.67. The molecular weight excluding hydrogens is 268 g/mol. The Morgan fingerprint density at radius 3 is 2.71 bits per heavy atom. The molecule has 2 heterocycles. The molecule has 1 amide bonds. The fourth-order valence-corrected chi connectivity index (χ4v) is 3.15. The standard InChI is InChI=1S/C16H20N2O3/c1-2-21-12-5-6-14-13(11-12)15(19)16(20)18(14)10-9-17-7-3-4-8-17/h5-6,11H,2-4,7-10H2,1H3/p+1. The van der Waals surface area contributed by atoms with Crippen LogP contribution >= 0.6 is 0 Å². The van der Waals surface area contributed by atoms with Crippen LogP contribution in [0.3, 0.4) is 0 Å². The molecule has 1 aromatic carbocycles. The number of ether oxygens (including phenoxy) is 1. The third-order valence-electron chi connectivity index (χ3n) is 4.25. The lowest BCUT2D eigenvalue weighted by molar-refractivity contribution is -0.885. The molecule has 1 aromatic rings. The van der Waals surface area contributed by atoms with Crippen LogP contribution in [0.25, 0.3) is 0 Å². The topological polar surface area (TPSA) is 51.1 Å². The molecule has 0 bridgehead atoms. The second kappa shape index (κ2) is 5.85. The molecule has 0 aliphatic carbocycles. The fraction of sp³-hybridized carbons (Fsp3) is 0.500. The van der Waals surface area contributed by atoms with Crippen molar-refractivity contribution >= 4 is 17.4 Å². The average Bonchev–Trinajstić information content (AvgIpc) is 3.07. The highest BCUT2D eigenvalue weighted by Gasteiger charge is 2.36. The summed E-state index contributed by atoms with van der Waals surface area (Å²) in [7, 11) is 0. The Bertz CT molecular complexity index is 565. The van der Waals surface area contributed by atoms with Gasteiger partial charge in [-0.1, -0.05) is 0 Å². The highest BCUT2D eigenvalue weighted by Crippen LogP contribution is 2.31. The highest BCUT2D eigenvalue weighted by atomic mass is 16.5. The maximum absolute atomic E-state index is 12.2. The largest absolute Gasteiger partial charge is 0.494 e. The van der Waals surface area contributed by atoms with Gasteiger partial charge in [0.2, 0.25) is 0 Å². The summed E-state index contributed by atoms with van der Waals surface area (Å²) in [6.07, 6.45) is 2.52. The van der Waals surface area contributed by atoms with E-state index >= 15 is 0 Å². The van der Waals surface area contributed by atoms with Crippen LogP contribution in [0.15, 0.2) is 18.2 Å². The van der Waals surface area contributed by atoms with Gasteiger partial charge in [0.05, 0.1) is 44.0 Å². The predicted molar refractivity (Wildman–Crippen MR) is 79.1 cm³/mol. The van der Waals surface area contributed by atoms with E-state index in [0.29, 0.717) is 24.5 Å². The molecule has 0 unspecified atom stereocenters.